The molecule has 0 unspecified atom stereocenters. The van der Waals surface area contributed by atoms with Crippen molar-refractivity contribution in [3.63, 3.8) is 0 Å². The quantitative estimate of drug-likeness (QED) is 0.365. The molecule has 186 valence electrons. The van der Waals surface area contributed by atoms with E-state index in [2.05, 4.69) is 5.32 Å². The number of rotatable bonds is 8. The van der Waals surface area contributed by atoms with Gasteiger partial charge in [-0.2, -0.15) is 0 Å². The third-order valence-corrected chi connectivity index (χ3v) is 4.53. The standard InChI is InChI=1S/C23H32N2O3.C2H2O4/c1-23(2,3)28-22(27)25-20(15-18-12-8-5-9-13-18)21(26)16-19(24)14-17-10-6-4-7-11-17;3-1(4)2(5)6/h4-13,19-21,26H,14-16,24H2,1-3H3,(H,25,27);(H,3,4)(H,5,6)/t19-,20-,21-;/m0./s1. The van der Waals surface area contributed by atoms with Crippen LogP contribution in [-0.2, 0) is 27.2 Å². The zero-order chi connectivity index (χ0) is 25.7. The van der Waals surface area contributed by atoms with E-state index in [0.717, 1.165) is 11.1 Å². The van der Waals surface area contributed by atoms with Gasteiger partial charge in [-0.1, -0.05) is 60.7 Å². The van der Waals surface area contributed by atoms with Gasteiger partial charge in [0, 0.05) is 6.04 Å². The van der Waals surface area contributed by atoms with Crippen LogP contribution in [0, 0.1) is 0 Å². The Hall–Kier alpha value is -3.43. The lowest BCUT2D eigenvalue weighted by molar-refractivity contribution is -0.159. The Morgan fingerprint density at radius 1 is 0.882 bits per heavy atom. The van der Waals surface area contributed by atoms with Crippen LogP contribution in [0.4, 0.5) is 4.79 Å². The maximum Gasteiger partial charge on any atom is 0.414 e. The molecule has 1 amide bonds. The Bertz CT molecular complexity index is 886. The van der Waals surface area contributed by atoms with Crippen molar-refractivity contribution >= 4 is 18.0 Å². The van der Waals surface area contributed by atoms with E-state index in [1.165, 1.54) is 0 Å². The number of carboxylic acid groups (broad SMARTS) is 2. The number of hydrogen-bond acceptors (Lipinski definition) is 6. The van der Waals surface area contributed by atoms with Crippen LogP contribution in [-0.4, -0.2) is 57.1 Å². The van der Waals surface area contributed by atoms with Crippen LogP contribution >= 0.6 is 0 Å². The average molecular weight is 475 g/mol. The third kappa shape index (κ3) is 12.6. The van der Waals surface area contributed by atoms with Gasteiger partial charge in [-0.15, -0.1) is 0 Å². The summed E-state index contributed by atoms with van der Waals surface area (Å²) < 4.78 is 5.36. The number of carboxylic acids is 2. The number of benzene rings is 2. The van der Waals surface area contributed by atoms with E-state index in [-0.39, 0.29) is 6.04 Å². The fourth-order valence-corrected chi connectivity index (χ4v) is 3.08. The highest BCUT2D eigenvalue weighted by Crippen LogP contribution is 2.14. The van der Waals surface area contributed by atoms with Crippen molar-refractivity contribution in [3.05, 3.63) is 71.8 Å². The van der Waals surface area contributed by atoms with E-state index in [9.17, 15) is 9.90 Å². The lowest BCUT2D eigenvalue weighted by Gasteiger charge is -2.28. The van der Waals surface area contributed by atoms with Gasteiger partial charge in [0.2, 0.25) is 0 Å². The average Bonchev–Trinajstić information content (AvgIpc) is 2.73. The van der Waals surface area contributed by atoms with E-state index >= 15 is 0 Å². The maximum absolute atomic E-state index is 12.3. The Morgan fingerprint density at radius 3 is 1.74 bits per heavy atom. The molecule has 2 aromatic carbocycles. The van der Waals surface area contributed by atoms with Crippen molar-refractivity contribution < 1.29 is 34.4 Å². The second-order valence-corrected chi connectivity index (χ2v) is 8.81. The summed E-state index contributed by atoms with van der Waals surface area (Å²) >= 11 is 0. The van der Waals surface area contributed by atoms with Gasteiger partial charge in [0.25, 0.3) is 0 Å². The normalized spacial score (nSPS) is 13.4. The second-order valence-electron chi connectivity index (χ2n) is 8.81. The highest BCUT2D eigenvalue weighted by atomic mass is 16.6. The number of carbonyl (C=O) groups is 3. The molecule has 0 spiro atoms. The summed E-state index contributed by atoms with van der Waals surface area (Å²) in [5.74, 6) is -3.65. The van der Waals surface area contributed by atoms with E-state index in [1.54, 1.807) is 0 Å². The van der Waals surface area contributed by atoms with E-state index < -0.39 is 35.8 Å². The molecule has 0 aliphatic rings. The number of aliphatic hydroxyl groups is 1. The van der Waals surface area contributed by atoms with Crippen molar-refractivity contribution in [2.75, 3.05) is 0 Å². The molecule has 34 heavy (non-hydrogen) atoms. The molecular weight excluding hydrogens is 440 g/mol. The molecule has 2 rings (SSSR count). The minimum Gasteiger partial charge on any atom is -0.473 e. The first-order chi connectivity index (χ1) is 15.9. The summed E-state index contributed by atoms with van der Waals surface area (Å²) in [5, 5.41) is 28.4. The molecule has 2 aromatic rings. The first kappa shape index (κ1) is 28.6. The molecule has 0 saturated carbocycles. The fraction of sp³-hybridized carbons (Fsp3) is 0.400. The summed E-state index contributed by atoms with van der Waals surface area (Å²) in [6.07, 6.45) is 0.222. The number of alkyl carbamates (subject to hydrolysis) is 1. The summed E-state index contributed by atoms with van der Waals surface area (Å²) in [7, 11) is 0. The summed E-state index contributed by atoms with van der Waals surface area (Å²) in [4.78, 5) is 30.5. The number of carbonyl (C=O) groups excluding carboxylic acids is 1. The van der Waals surface area contributed by atoms with Gasteiger partial charge < -0.3 is 31.1 Å². The van der Waals surface area contributed by atoms with Crippen molar-refractivity contribution in [2.24, 2.45) is 5.73 Å². The van der Waals surface area contributed by atoms with Crippen molar-refractivity contribution in [1.82, 2.24) is 5.32 Å². The second kappa shape index (κ2) is 14.0. The predicted octanol–water partition coefficient (Wildman–Crippen LogP) is 2.60. The first-order valence-electron chi connectivity index (χ1n) is 10.8. The van der Waals surface area contributed by atoms with E-state index in [1.807, 2.05) is 81.4 Å². The van der Waals surface area contributed by atoms with Crippen LogP contribution in [0.25, 0.3) is 0 Å². The molecule has 0 heterocycles. The molecule has 0 radical (unpaired) electrons. The number of hydrogen-bond donors (Lipinski definition) is 5. The number of amides is 1. The van der Waals surface area contributed by atoms with Gasteiger partial charge in [0.15, 0.2) is 0 Å². The molecule has 0 bridgehead atoms. The van der Waals surface area contributed by atoms with Crippen molar-refractivity contribution in [1.29, 1.82) is 0 Å². The molecule has 9 heteroatoms. The minimum atomic E-state index is -1.82. The Balaban J connectivity index is 0.000000852. The van der Waals surface area contributed by atoms with Gasteiger partial charge >= 0.3 is 18.0 Å². The van der Waals surface area contributed by atoms with Gasteiger partial charge in [-0.25, -0.2) is 14.4 Å². The van der Waals surface area contributed by atoms with Gasteiger partial charge in [0.05, 0.1) is 12.1 Å². The largest absolute Gasteiger partial charge is 0.473 e. The van der Waals surface area contributed by atoms with Gasteiger partial charge in [-0.3, -0.25) is 0 Å². The lowest BCUT2D eigenvalue weighted by atomic mass is 9.94. The van der Waals surface area contributed by atoms with E-state index in [0.29, 0.717) is 19.3 Å². The van der Waals surface area contributed by atoms with Crippen LogP contribution in [0.15, 0.2) is 60.7 Å². The Kier molecular flexibility index (Phi) is 11.8. The highest BCUT2D eigenvalue weighted by Gasteiger charge is 2.26. The van der Waals surface area contributed by atoms with E-state index in [4.69, 9.17) is 30.3 Å². The molecule has 0 aromatic heterocycles. The third-order valence-electron chi connectivity index (χ3n) is 4.53. The smallest absolute Gasteiger partial charge is 0.414 e. The van der Waals surface area contributed by atoms with Crippen molar-refractivity contribution in [3.8, 4) is 0 Å². The number of aliphatic hydroxyl groups excluding tert-OH is 1. The number of ether oxygens (including phenoxy) is 1. The summed E-state index contributed by atoms with van der Waals surface area (Å²) in [6.45, 7) is 5.43. The Labute approximate surface area is 199 Å². The lowest BCUT2D eigenvalue weighted by Crippen LogP contribution is -2.48. The van der Waals surface area contributed by atoms with Gasteiger partial charge in [0.1, 0.15) is 5.60 Å². The SMILES string of the molecule is CC(C)(C)OC(=O)N[C@@H](Cc1ccccc1)[C@@H](O)C[C@@H](N)Cc1ccccc1.O=C(O)C(=O)O. The summed E-state index contributed by atoms with van der Waals surface area (Å²) in [5.41, 5.74) is 7.82. The first-order valence-corrected chi connectivity index (χ1v) is 10.8. The topological polar surface area (TPSA) is 159 Å². The number of nitrogens with one attached hydrogen (secondary N) is 1. The monoisotopic (exact) mass is 474 g/mol. The van der Waals surface area contributed by atoms with Crippen LogP contribution < -0.4 is 11.1 Å². The molecule has 0 fully saturated rings. The van der Waals surface area contributed by atoms with Crippen LogP contribution in [0.5, 0.6) is 0 Å². The molecular formula is C25H34N2O7. The zero-order valence-electron chi connectivity index (χ0n) is 19.7. The molecule has 0 aliphatic heterocycles. The fourth-order valence-electron chi connectivity index (χ4n) is 3.08. The Morgan fingerprint density at radius 2 is 1.32 bits per heavy atom. The van der Waals surface area contributed by atoms with Crippen LogP contribution in [0.3, 0.4) is 0 Å². The number of nitrogens with two attached hydrogens (primary N) is 1. The molecule has 6 N–H and O–H groups in total. The maximum atomic E-state index is 12.3. The molecule has 0 saturated heterocycles. The number of aliphatic carboxylic acids is 2. The predicted molar refractivity (Wildman–Crippen MR) is 127 cm³/mol. The summed E-state index contributed by atoms with van der Waals surface area (Å²) in [6, 6.07) is 19.0. The molecule has 3 atom stereocenters. The zero-order valence-corrected chi connectivity index (χ0v) is 19.7. The van der Waals surface area contributed by atoms with Crippen LogP contribution in [0.1, 0.15) is 38.3 Å². The highest BCUT2D eigenvalue weighted by molar-refractivity contribution is 6.27. The van der Waals surface area contributed by atoms with Crippen LogP contribution in [0.2, 0.25) is 0 Å². The van der Waals surface area contributed by atoms with Crippen molar-refractivity contribution in [2.45, 2.75) is 63.8 Å². The molecule has 9 nitrogen and oxygen atoms in total. The van der Waals surface area contributed by atoms with Gasteiger partial charge in [-0.05, 0) is 51.2 Å². The molecule has 0 aliphatic carbocycles. The minimum absolute atomic E-state index is 0.212.